The first-order valence-corrected chi connectivity index (χ1v) is 10.7. The molecule has 2 aromatic rings. The molecule has 2 aromatic carbocycles. The molecule has 0 unspecified atom stereocenters. The number of ether oxygens (including phenoxy) is 3. The van der Waals surface area contributed by atoms with Gasteiger partial charge < -0.3 is 14.2 Å². The van der Waals surface area contributed by atoms with Gasteiger partial charge in [0.2, 0.25) is 0 Å². The largest absolute Gasteiger partial charge is 0.485 e. The van der Waals surface area contributed by atoms with Crippen LogP contribution in [0.5, 0.6) is 11.5 Å². The molecule has 0 saturated heterocycles. The van der Waals surface area contributed by atoms with Gasteiger partial charge in [0.1, 0.15) is 6.61 Å². The van der Waals surface area contributed by atoms with Gasteiger partial charge >= 0.3 is 5.97 Å². The standard InChI is InChI=1S/C23H29BrO4/c1-3-5-6-10-13-21(23(25)26-4-2)28-22-16-19(24)14-15-20(22)27-17-18-11-8-7-9-12-18/h7-9,11-12,14-16,21H,3-6,10,13,17H2,1-2H3/t21-/m1/s1. The predicted molar refractivity (Wildman–Crippen MR) is 115 cm³/mol. The first-order chi connectivity index (χ1) is 13.6. The van der Waals surface area contributed by atoms with Crippen LogP contribution in [0.15, 0.2) is 53.0 Å². The number of hydrogen-bond donors (Lipinski definition) is 0. The van der Waals surface area contributed by atoms with Crippen molar-refractivity contribution >= 4 is 21.9 Å². The summed E-state index contributed by atoms with van der Waals surface area (Å²) in [6, 6.07) is 15.5. The topological polar surface area (TPSA) is 44.8 Å². The lowest BCUT2D eigenvalue weighted by molar-refractivity contribution is -0.151. The third-order valence-electron chi connectivity index (χ3n) is 4.28. The van der Waals surface area contributed by atoms with Gasteiger partial charge in [0.05, 0.1) is 6.61 Å². The molecule has 2 rings (SSSR count). The second-order valence-corrected chi connectivity index (χ2v) is 7.49. The molecule has 0 radical (unpaired) electrons. The Morgan fingerprint density at radius 2 is 1.79 bits per heavy atom. The first kappa shape index (κ1) is 22.3. The number of carbonyl (C=O) groups excluding carboxylic acids is 1. The monoisotopic (exact) mass is 448 g/mol. The van der Waals surface area contributed by atoms with Crippen LogP contribution in [0.3, 0.4) is 0 Å². The van der Waals surface area contributed by atoms with Crippen LogP contribution in [-0.2, 0) is 16.1 Å². The Bertz CT molecular complexity index is 718. The Kier molecular flexibility index (Phi) is 9.91. The summed E-state index contributed by atoms with van der Waals surface area (Å²) in [5, 5.41) is 0. The van der Waals surface area contributed by atoms with Crippen LogP contribution < -0.4 is 9.47 Å². The summed E-state index contributed by atoms with van der Waals surface area (Å²) in [4.78, 5) is 12.4. The molecule has 0 amide bonds. The molecule has 1 atom stereocenters. The lowest BCUT2D eigenvalue weighted by Gasteiger charge is -2.20. The molecule has 4 nitrogen and oxygen atoms in total. The highest BCUT2D eigenvalue weighted by Crippen LogP contribution is 2.33. The van der Waals surface area contributed by atoms with E-state index in [4.69, 9.17) is 14.2 Å². The van der Waals surface area contributed by atoms with Crippen LogP contribution in [0.4, 0.5) is 0 Å². The van der Waals surface area contributed by atoms with E-state index in [-0.39, 0.29) is 5.97 Å². The van der Waals surface area contributed by atoms with E-state index in [1.165, 1.54) is 0 Å². The van der Waals surface area contributed by atoms with Crippen molar-refractivity contribution in [2.75, 3.05) is 6.61 Å². The molecule has 152 valence electrons. The van der Waals surface area contributed by atoms with Crippen molar-refractivity contribution in [3.8, 4) is 11.5 Å². The molecule has 0 saturated carbocycles. The summed E-state index contributed by atoms with van der Waals surface area (Å²) in [6.45, 7) is 4.74. The van der Waals surface area contributed by atoms with Crippen LogP contribution >= 0.6 is 15.9 Å². The number of rotatable bonds is 12. The van der Waals surface area contributed by atoms with E-state index in [1.54, 1.807) is 6.92 Å². The molecule has 0 aliphatic heterocycles. The van der Waals surface area contributed by atoms with Crippen LogP contribution in [-0.4, -0.2) is 18.7 Å². The number of benzene rings is 2. The number of halogens is 1. The fourth-order valence-corrected chi connectivity index (χ4v) is 3.14. The van der Waals surface area contributed by atoms with Crippen molar-refractivity contribution in [1.82, 2.24) is 0 Å². The molecule has 0 bridgehead atoms. The Labute approximate surface area is 176 Å². The zero-order valence-corrected chi connectivity index (χ0v) is 18.2. The Morgan fingerprint density at radius 1 is 1.00 bits per heavy atom. The van der Waals surface area contributed by atoms with E-state index in [9.17, 15) is 4.79 Å². The van der Waals surface area contributed by atoms with E-state index in [0.717, 1.165) is 35.7 Å². The van der Waals surface area contributed by atoms with E-state index in [0.29, 0.717) is 31.1 Å². The fourth-order valence-electron chi connectivity index (χ4n) is 2.80. The number of hydrogen-bond acceptors (Lipinski definition) is 4. The first-order valence-electron chi connectivity index (χ1n) is 9.93. The molecule has 5 heteroatoms. The van der Waals surface area contributed by atoms with Gasteiger partial charge in [-0.3, -0.25) is 0 Å². The molecule has 28 heavy (non-hydrogen) atoms. The summed E-state index contributed by atoms with van der Waals surface area (Å²) < 4.78 is 18.1. The van der Waals surface area contributed by atoms with Gasteiger partial charge in [-0.25, -0.2) is 4.79 Å². The third kappa shape index (κ3) is 7.55. The van der Waals surface area contributed by atoms with Gasteiger partial charge in [0.25, 0.3) is 0 Å². The molecule has 0 fully saturated rings. The molecule has 0 heterocycles. The maximum absolute atomic E-state index is 12.4. The molecular formula is C23H29BrO4. The summed E-state index contributed by atoms with van der Waals surface area (Å²) in [6.07, 6.45) is 4.29. The molecule has 0 aliphatic carbocycles. The van der Waals surface area contributed by atoms with Crippen LogP contribution in [0, 0.1) is 0 Å². The highest BCUT2D eigenvalue weighted by molar-refractivity contribution is 9.10. The SMILES string of the molecule is CCCCCC[C@@H](Oc1cc(Br)ccc1OCc1ccccc1)C(=O)OCC. The van der Waals surface area contributed by atoms with Crippen molar-refractivity contribution in [1.29, 1.82) is 0 Å². The van der Waals surface area contributed by atoms with Gasteiger partial charge in [0, 0.05) is 4.47 Å². The molecule has 0 N–H and O–H groups in total. The minimum Gasteiger partial charge on any atom is -0.485 e. The molecule has 0 aliphatic rings. The fraction of sp³-hybridized carbons (Fsp3) is 0.435. The van der Waals surface area contributed by atoms with Crippen molar-refractivity contribution in [2.24, 2.45) is 0 Å². The highest BCUT2D eigenvalue weighted by Gasteiger charge is 2.23. The highest BCUT2D eigenvalue weighted by atomic mass is 79.9. The van der Waals surface area contributed by atoms with Crippen molar-refractivity contribution in [2.45, 2.75) is 58.7 Å². The van der Waals surface area contributed by atoms with E-state index < -0.39 is 6.10 Å². The van der Waals surface area contributed by atoms with E-state index in [1.807, 2.05) is 48.5 Å². The summed E-state index contributed by atoms with van der Waals surface area (Å²) in [5.74, 6) is 0.821. The van der Waals surface area contributed by atoms with Gasteiger partial charge in [-0.2, -0.15) is 0 Å². The number of carbonyl (C=O) groups is 1. The third-order valence-corrected chi connectivity index (χ3v) is 4.77. The van der Waals surface area contributed by atoms with Crippen LogP contribution in [0.25, 0.3) is 0 Å². The maximum Gasteiger partial charge on any atom is 0.347 e. The van der Waals surface area contributed by atoms with Gasteiger partial charge in [-0.05, 0) is 43.5 Å². The normalized spacial score (nSPS) is 11.7. The van der Waals surface area contributed by atoms with Crippen LogP contribution in [0.1, 0.15) is 51.5 Å². The molecule has 0 spiro atoms. The summed E-state index contributed by atoms with van der Waals surface area (Å²) >= 11 is 3.47. The predicted octanol–water partition coefficient (Wildman–Crippen LogP) is 6.31. The van der Waals surface area contributed by atoms with Crippen molar-refractivity contribution in [3.05, 3.63) is 58.6 Å². The zero-order chi connectivity index (χ0) is 20.2. The van der Waals surface area contributed by atoms with E-state index >= 15 is 0 Å². The lowest BCUT2D eigenvalue weighted by atomic mass is 10.1. The summed E-state index contributed by atoms with van der Waals surface area (Å²) in [5.41, 5.74) is 1.07. The Morgan fingerprint density at radius 3 is 2.50 bits per heavy atom. The average Bonchev–Trinajstić information content (AvgIpc) is 2.70. The minimum atomic E-state index is -0.634. The van der Waals surface area contributed by atoms with E-state index in [2.05, 4.69) is 22.9 Å². The smallest absolute Gasteiger partial charge is 0.347 e. The Balaban J connectivity index is 2.10. The van der Waals surface area contributed by atoms with Crippen molar-refractivity contribution < 1.29 is 19.0 Å². The Hall–Kier alpha value is -2.01. The lowest BCUT2D eigenvalue weighted by Crippen LogP contribution is -2.29. The number of unbranched alkanes of at least 4 members (excludes halogenated alkanes) is 3. The van der Waals surface area contributed by atoms with Crippen LogP contribution in [0.2, 0.25) is 0 Å². The van der Waals surface area contributed by atoms with Crippen molar-refractivity contribution in [3.63, 3.8) is 0 Å². The molecule has 0 aromatic heterocycles. The minimum absolute atomic E-state index is 0.326. The quantitative estimate of drug-likeness (QED) is 0.281. The van der Waals surface area contributed by atoms with Gasteiger partial charge in [-0.1, -0.05) is 72.4 Å². The second-order valence-electron chi connectivity index (χ2n) is 6.57. The average molecular weight is 449 g/mol. The molecular weight excluding hydrogens is 420 g/mol. The number of esters is 1. The van der Waals surface area contributed by atoms with Gasteiger partial charge in [-0.15, -0.1) is 0 Å². The zero-order valence-electron chi connectivity index (χ0n) is 16.7. The van der Waals surface area contributed by atoms with Gasteiger partial charge in [0.15, 0.2) is 17.6 Å². The second kappa shape index (κ2) is 12.4. The summed E-state index contributed by atoms with van der Waals surface area (Å²) in [7, 11) is 0. The maximum atomic E-state index is 12.4.